The van der Waals surface area contributed by atoms with Gasteiger partial charge in [-0.2, -0.15) is 0 Å². The lowest BCUT2D eigenvalue weighted by molar-refractivity contribution is 0.0536. The molecule has 3 aromatic rings. The summed E-state index contributed by atoms with van der Waals surface area (Å²) in [4.78, 5) is 18.3. The summed E-state index contributed by atoms with van der Waals surface area (Å²) >= 11 is 0. The molecule has 144 valence electrons. The van der Waals surface area contributed by atoms with Crippen molar-refractivity contribution in [2.24, 2.45) is 0 Å². The fourth-order valence-electron chi connectivity index (χ4n) is 4.86. The van der Waals surface area contributed by atoms with Crippen LogP contribution in [-0.4, -0.2) is 61.0 Å². The molecule has 0 radical (unpaired) electrons. The van der Waals surface area contributed by atoms with Crippen molar-refractivity contribution in [3.8, 4) is 0 Å². The molecule has 0 bridgehead atoms. The van der Waals surface area contributed by atoms with Crippen LogP contribution in [0.5, 0.6) is 0 Å². The second kappa shape index (κ2) is 7.53. The molecule has 0 saturated carbocycles. The maximum atomic E-state index is 13.6. The number of benzene rings is 3. The van der Waals surface area contributed by atoms with Crippen LogP contribution < -0.4 is 5.32 Å². The number of carbonyl (C=O) groups excluding carboxylic acids is 1. The summed E-state index contributed by atoms with van der Waals surface area (Å²) in [6, 6.07) is 19.4. The second-order valence-corrected chi connectivity index (χ2v) is 8.00. The van der Waals surface area contributed by atoms with Crippen molar-refractivity contribution < 1.29 is 4.79 Å². The Balaban J connectivity index is 1.44. The summed E-state index contributed by atoms with van der Waals surface area (Å²) in [5, 5.41) is 7.84. The van der Waals surface area contributed by atoms with Gasteiger partial charge < -0.3 is 10.2 Å². The zero-order chi connectivity index (χ0) is 18.9. The van der Waals surface area contributed by atoms with Gasteiger partial charge in [-0.1, -0.05) is 48.5 Å². The van der Waals surface area contributed by atoms with E-state index >= 15 is 0 Å². The molecule has 0 unspecified atom stereocenters. The Morgan fingerprint density at radius 1 is 0.821 bits per heavy atom. The van der Waals surface area contributed by atoms with Gasteiger partial charge >= 0.3 is 0 Å². The number of fused-ring (bicyclic) bond motifs is 2. The molecule has 4 nitrogen and oxygen atoms in total. The number of piperazine rings is 1. The van der Waals surface area contributed by atoms with Gasteiger partial charge in [0.15, 0.2) is 0 Å². The second-order valence-electron chi connectivity index (χ2n) is 8.00. The molecular formula is C24H27N3O. The highest BCUT2D eigenvalue weighted by Crippen LogP contribution is 2.30. The maximum absolute atomic E-state index is 13.6. The van der Waals surface area contributed by atoms with Crippen LogP contribution in [0, 0.1) is 0 Å². The Morgan fingerprint density at radius 2 is 1.39 bits per heavy atom. The molecule has 2 fully saturated rings. The molecule has 2 saturated heterocycles. The van der Waals surface area contributed by atoms with Gasteiger partial charge in [0.2, 0.25) is 0 Å². The van der Waals surface area contributed by atoms with Crippen LogP contribution >= 0.6 is 0 Å². The third-order valence-electron chi connectivity index (χ3n) is 6.41. The first-order chi connectivity index (χ1) is 13.8. The van der Waals surface area contributed by atoms with Crippen LogP contribution in [0.3, 0.4) is 0 Å². The molecule has 3 aromatic carbocycles. The molecule has 0 spiro atoms. The molecule has 0 aromatic heterocycles. The van der Waals surface area contributed by atoms with E-state index in [1.165, 1.54) is 12.8 Å². The maximum Gasteiger partial charge on any atom is 0.255 e. The number of piperidine rings is 1. The molecule has 2 heterocycles. The molecule has 2 aliphatic rings. The average molecular weight is 374 g/mol. The van der Waals surface area contributed by atoms with Gasteiger partial charge in [-0.15, -0.1) is 0 Å². The lowest BCUT2D eigenvalue weighted by Crippen LogP contribution is -2.54. The van der Waals surface area contributed by atoms with Gasteiger partial charge in [0, 0.05) is 32.2 Å². The van der Waals surface area contributed by atoms with E-state index in [9.17, 15) is 4.79 Å². The number of nitrogens with one attached hydrogen (secondary N) is 1. The van der Waals surface area contributed by atoms with Crippen LogP contribution in [0.2, 0.25) is 0 Å². The largest absolute Gasteiger partial charge is 0.336 e. The van der Waals surface area contributed by atoms with Crippen molar-refractivity contribution in [3.63, 3.8) is 0 Å². The average Bonchev–Trinajstić information content (AvgIpc) is 2.77. The van der Waals surface area contributed by atoms with E-state index in [1.54, 1.807) is 0 Å². The molecule has 0 aliphatic carbocycles. The number of carbonyl (C=O) groups is 1. The van der Waals surface area contributed by atoms with Crippen molar-refractivity contribution in [2.75, 3.05) is 39.3 Å². The highest BCUT2D eigenvalue weighted by Gasteiger charge is 2.28. The van der Waals surface area contributed by atoms with Gasteiger partial charge in [-0.3, -0.25) is 9.69 Å². The van der Waals surface area contributed by atoms with Crippen LogP contribution in [-0.2, 0) is 0 Å². The summed E-state index contributed by atoms with van der Waals surface area (Å²) in [7, 11) is 0. The molecule has 2 aliphatic heterocycles. The smallest absolute Gasteiger partial charge is 0.255 e. The van der Waals surface area contributed by atoms with E-state index in [4.69, 9.17) is 0 Å². The standard InChI is InChI=1S/C24H27N3O/c28-24(27-15-13-26(14-16-27)20-9-11-25-12-10-20)23-21-7-3-1-5-18(21)17-19-6-2-4-8-22(19)23/h1-8,17,20,25H,9-16H2. The Bertz CT molecular complexity index is 947. The number of rotatable bonds is 2. The van der Waals surface area contributed by atoms with Crippen molar-refractivity contribution >= 4 is 27.5 Å². The molecule has 28 heavy (non-hydrogen) atoms. The predicted molar refractivity (Wildman–Crippen MR) is 115 cm³/mol. The first kappa shape index (κ1) is 17.7. The minimum Gasteiger partial charge on any atom is -0.336 e. The monoisotopic (exact) mass is 373 g/mol. The quantitative estimate of drug-likeness (QED) is 0.699. The zero-order valence-electron chi connectivity index (χ0n) is 16.2. The minimum atomic E-state index is 0.179. The van der Waals surface area contributed by atoms with Crippen molar-refractivity contribution in [3.05, 3.63) is 60.2 Å². The Labute approximate surface area is 166 Å². The SMILES string of the molecule is O=C(c1c2ccccc2cc2ccccc12)N1CCN(C2CCNCC2)CC1. The summed E-state index contributed by atoms with van der Waals surface area (Å²) < 4.78 is 0. The van der Waals surface area contributed by atoms with E-state index in [0.717, 1.165) is 66.4 Å². The van der Waals surface area contributed by atoms with Crippen molar-refractivity contribution in [1.82, 2.24) is 15.1 Å². The third-order valence-corrected chi connectivity index (χ3v) is 6.41. The van der Waals surface area contributed by atoms with Crippen LogP contribution in [0.15, 0.2) is 54.6 Å². The molecular weight excluding hydrogens is 346 g/mol. The van der Waals surface area contributed by atoms with E-state index in [1.807, 2.05) is 24.3 Å². The summed E-state index contributed by atoms with van der Waals surface area (Å²) in [6.07, 6.45) is 2.45. The van der Waals surface area contributed by atoms with Crippen LogP contribution in [0.4, 0.5) is 0 Å². The first-order valence-corrected chi connectivity index (χ1v) is 10.5. The molecule has 0 atom stereocenters. The normalized spacial score (nSPS) is 19.4. The number of amides is 1. The predicted octanol–water partition coefficient (Wildman–Crippen LogP) is 3.50. The van der Waals surface area contributed by atoms with E-state index in [-0.39, 0.29) is 5.91 Å². The Hall–Kier alpha value is -2.43. The lowest BCUT2D eigenvalue weighted by atomic mass is 9.95. The molecule has 4 heteroatoms. The molecule has 1 N–H and O–H groups in total. The van der Waals surface area contributed by atoms with Crippen molar-refractivity contribution in [2.45, 2.75) is 18.9 Å². The third kappa shape index (κ3) is 3.17. The van der Waals surface area contributed by atoms with E-state index in [0.29, 0.717) is 6.04 Å². The van der Waals surface area contributed by atoms with Gasteiger partial charge in [0.05, 0.1) is 5.56 Å². The van der Waals surface area contributed by atoms with Crippen LogP contribution in [0.1, 0.15) is 23.2 Å². The van der Waals surface area contributed by atoms with E-state index in [2.05, 4.69) is 45.4 Å². The minimum absolute atomic E-state index is 0.179. The van der Waals surface area contributed by atoms with Gasteiger partial charge in [0.25, 0.3) is 5.91 Å². The number of nitrogens with zero attached hydrogens (tertiary/aromatic N) is 2. The van der Waals surface area contributed by atoms with Gasteiger partial charge in [-0.05, 0) is 53.5 Å². The lowest BCUT2D eigenvalue weighted by Gasteiger charge is -2.41. The number of hydrogen-bond acceptors (Lipinski definition) is 3. The van der Waals surface area contributed by atoms with Crippen LogP contribution in [0.25, 0.3) is 21.5 Å². The summed E-state index contributed by atoms with van der Waals surface area (Å²) in [5.74, 6) is 0.179. The fourth-order valence-corrected chi connectivity index (χ4v) is 4.86. The summed E-state index contributed by atoms with van der Waals surface area (Å²) in [5.41, 5.74) is 0.865. The zero-order valence-corrected chi connectivity index (χ0v) is 16.2. The Kier molecular flexibility index (Phi) is 4.75. The topological polar surface area (TPSA) is 35.6 Å². The van der Waals surface area contributed by atoms with E-state index < -0.39 is 0 Å². The summed E-state index contributed by atoms with van der Waals surface area (Å²) in [6.45, 7) is 5.84. The first-order valence-electron chi connectivity index (χ1n) is 10.5. The van der Waals surface area contributed by atoms with Crippen molar-refractivity contribution in [1.29, 1.82) is 0 Å². The highest BCUT2D eigenvalue weighted by atomic mass is 16.2. The molecule has 1 amide bonds. The van der Waals surface area contributed by atoms with Gasteiger partial charge in [0.1, 0.15) is 0 Å². The van der Waals surface area contributed by atoms with Gasteiger partial charge in [-0.25, -0.2) is 0 Å². The Morgan fingerprint density at radius 3 is 2.00 bits per heavy atom. The fraction of sp³-hybridized carbons (Fsp3) is 0.375. The highest BCUT2D eigenvalue weighted by molar-refractivity contribution is 6.18. The molecule has 5 rings (SSSR count). The number of hydrogen-bond donors (Lipinski definition) is 1.